The summed E-state index contributed by atoms with van der Waals surface area (Å²) in [5.41, 5.74) is 1.42. The maximum atomic E-state index is 11.7. The van der Waals surface area contributed by atoms with E-state index in [4.69, 9.17) is 5.11 Å². The van der Waals surface area contributed by atoms with E-state index < -0.39 is 24.3 Å². The lowest BCUT2D eigenvalue weighted by atomic mass is 10.1. The number of carbonyl (C=O) groups is 3. The number of carboxylic acids is 1. The Morgan fingerprint density at radius 3 is 2.50 bits per heavy atom. The van der Waals surface area contributed by atoms with Gasteiger partial charge in [0.25, 0.3) is 11.8 Å². The van der Waals surface area contributed by atoms with Crippen LogP contribution in [0.1, 0.15) is 26.3 Å². The summed E-state index contributed by atoms with van der Waals surface area (Å²) >= 11 is 0. The van der Waals surface area contributed by atoms with Crippen molar-refractivity contribution in [1.29, 1.82) is 0 Å². The summed E-state index contributed by atoms with van der Waals surface area (Å²) < 4.78 is 0. The van der Waals surface area contributed by atoms with Crippen molar-refractivity contribution in [3.8, 4) is 0 Å². The summed E-state index contributed by atoms with van der Waals surface area (Å²) in [6.45, 7) is 1.21. The van der Waals surface area contributed by atoms with Crippen molar-refractivity contribution >= 4 is 17.8 Å². The van der Waals surface area contributed by atoms with Crippen LogP contribution in [0.25, 0.3) is 0 Å². The number of aryl methyl sites for hydroxylation is 1. The number of imide groups is 1. The Balaban J connectivity index is 2.44. The van der Waals surface area contributed by atoms with E-state index in [1.54, 1.807) is 25.1 Å². The van der Waals surface area contributed by atoms with Crippen LogP contribution in [0.5, 0.6) is 0 Å². The van der Waals surface area contributed by atoms with E-state index in [1.165, 1.54) is 0 Å². The first kappa shape index (κ1) is 10.4. The van der Waals surface area contributed by atoms with E-state index in [2.05, 4.69) is 0 Å². The number of amides is 2. The standard InChI is InChI=1S/C11H9NO4/c1-6-2-3-7-8(4-6)11(16)12(10(7)15)5-9(13)14/h2-4H,5H2,1H3,(H,13,14). The molecular formula is C11H9NO4. The van der Waals surface area contributed by atoms with Crippen molar-refractivity contribution in [2.45, 2.75) is 6.92 Å². The van der Waals surface area contributed by atoms with Crippen LogP contribution >= 0.6 is 0 Å². The molecule has 0 bridgehead atoms. The van der Waals surface area contributed by atoms with E-state index >= 15 is 0 Å². The summed E-state index contributed by atoms with van der Waals surface area (Å²) in [6, 6.07) is 4.86. The molecule has 5 heteroatoms. The van der Waals surface area contributed by atoms with Gasteiger partial charge >= 0.3 is 5.97 Å². The van der Waals surface area contributed by atoms with Gasteiger partial charge in [0.05, 0.1) is 11.1 Å². The van der Waals surface area contributed by atoms with Gasteiger partial charge in [0, 0.05) is 0 Å². The van der Waals surface area contributed by atoms with Crippen molar-refractivity contribution < 1.29 is 19.5 Å². The zero-order valence-electron chi connectivity index (χ0n) is 8.56. The van der Waals surface area contributed by atoms with Gasteiger partial charge < -0.3 is 5.11 Å². The molecule has 0 aromatic heterocycles. The van der Waals surface area contributed by atoms with Crippen molar-refractivity contribution in [3.05, 3.63) is 34.9 Å². The summed E-state index contributed by atoms with van der Waals surface area (Å²) in [7, 11) is 0. The minimum Gasteiger partial charge on any atom is -0.480 e. The lowest BCUT2D eigenvalue weighted by Gasteiger charge is -2.09. The van der Waals surface area contributed by atoms with E-state index in [0.29, 0.717) is 0 Å². The van der Waals surface area contributed by atoms with Gasteiger partial charge in [-0.05, 0) is 19.1 Å². The highest BCUT2D eigenvalue weighted by Crippen LogP contribution is 2.23. The zero-order valence-corrected chi connectivity index (χ0v) is 8.56. The molecule has 5 nitrogen and oxygen atoms in total. The topological polar surface area (TPSA) is 74.7 Å². The SMILES string of the molecule is Cc1ccc2c(c1)C(=O)N(CC(=O)O)C2=O. The van der Waals surface area contributed by atoms with Gasteiger partial charge in [0.2, 0.25) is 0 Å². The minimum absolute atomic E-state index is 0.275. The van der Waals surface area contributed by atoms with Crippen LogP contribution in [0.3, 0.4) is 0 Å². The fourth-order valence-electron chi connectivity index (χ4n) is 1.68. The average Bonchev–Trinajstić information content (AvgIpc) is 2.43. The average molecular weight is 219 g/mol. The molecule has 0 spiro atoms. The van der Waals surface area contributed by atoms with Gasteiger partial charge in [0.15, 0.2) is 0 Å². The first-order valence-electron chi connectivity index (χ1n) is 4.69. The monoisotopic (exact) mass is 219 g/mol. The van der Waals surface area contributed by atoms with Crippen LogP contribution in [0.4, 0.5) is 0 Å². The van der Waals surface area contributed by atoms with E-state index in [0.717, 1.165) is 10.5 Å². The number of hydrogen-bond donors (Lipinski definition) is 1. The molecular weight excluding hydrogens is 210 g/mol. The first-order chi connectivity index (χ1) is 7.50. The number of fused-ring (bicyclic) bond motifs is 1. The summed E-state index contributed by atoms with van der Waals surface area (Å²) in [4.78, 5) is 34.7. The van der Waals surface area contributed by atoms with Crippen molar-refractivity contribution in [2.24, 2.45) is 0 Å². The molecule has 0 radical (unpaired) electrons. The van der Waals surface area contributed by atoms with Crippen molar-refractivity contribution in [2.75, 3.05) is 6.54 Å². The summed E-state index contributed by atoms with van der Waals surface area (Å²) in [6.07, 6.45) is 0. The van der Waals surface area contributed by atoms with Gasteiger partial charge in [0.1, 0.15) is 6.54 Å². The fourth-order valence-corrected chi connectivity index (χ4v) is 1.68. The maximum absolute atomic E-state index is 11.7. The van der Waals surface area contributed by atoms with E-state index in [9.17, 15) is 14.4 Å². The van der Waals surface area contributed by atoms with E-state index in [-0.39, 0.29) is 11.1 Å². The van der Waals surface area contributed by atoms with Gasteiger partial charge in [-0.2, -0.15) is 0 Å². The largest absolute Gasteiger partial charge is 0.480 e. The molecule has 1 aliphatic heterocycles. The number of nitrogens with zero attached hydrogens (tertiary/aromatic N) is 1. The normalized spacial score (nSPS) is 14.2. The third-order valence-electron chi connectivity index (χ3n) is 2.42. The van der Waals surface area contributed by atoms with Gasteiger partial charge in [-0.25, -0.2) is 0 Å². The molecule has 1 aromatic rings. The second kappa shape index (κ2) is 3.44. The zero-order chi connectivity index (χ0) is 11.9. The maximum Gasteiger partial charge on any atom is 0.323 e. The van der Waals surface area contributed by atoms with Gasteiger partial charge in [-0.1, -0.05) is 11.6 Å². The number of aliphatic carboxylic acids is 1. The molecule has 1 heterocycles. The van der Waals surface area contributed by atoms with E-state index in [1.807, 2.05) is 0 Å². The van der Waals surface area contributed by atoms with Crippen molar-refractivity contribution in [3.63, 3.8) is 0 Å². The Morgan fingerprint density at radius 1 is 1.25 bits per heavy atom. The van der Waals surface area contributed by atoms with Crippen LogP contribution in [0.2, 0.25) is 0 Å². The summed E-state index contributed by atoms with van der Waals surface area (Å²) in [5, 5.41) is 8.60. The van der Waals surface area contributed by atoms with Crippen LogP contribution in [-0.4, -0.2) is 34.3 Å². The number of hydrogen-bond acceptors (Lipinski definition) is 3. The molecule has 0 aliphatic carbocycles. The second-order valence-electron chi connectivity index (χ2n) is 3.64. The summed E-state index contributed by atoms with van der Waals surface area (Å²) in [5.74, 6) is -2.28. The molecule has 0 atom stereocenters. The number of rotatable bonds is 2. The number of benzene rings is 1. The molecule has 1 aromatic carbocycles. The second-order valence-corrected chi connectivity index (χ2v) is 3.64. The highest BCUT2D eigenvalue weighted by Gasteiger charge is 2.36. The van der Waals surface area contributed by atoms with Crippen LogP contribution in [0, 0.1) is 6.92 Å². The molecule has 0 unspecified atom stereocenters. The number of carbonyl (C=O) groups excluding carboxylic acids is 2. The van der Waals surface area contributed by atoms with Gasteiger partial charge in [-0.15, -0.1) is 0 Å². The minimum atomic E-state index is -1.20. The van der Waals surface area contributed by atoms with Gasteiger partial charge in [-0.3, -0.25) is 19.3 Å². The molecule has 1 aliphatic rings. The Bertz CT molecular complexity index is 507. The van der Waals surface area contributed by atoms with Crippen molar-refractivity contribution in [1.82, 2.24) is 4.90 Å². The van der Waals surface area contributed by atoms with Crippen LogP contribution in [-0.2, 0) is 4.79 Å². The van der Waals surface area contributed by atoms with Crippen LogP contribution < -0.4 is 0 Å². The Kier molecular flexibility index (Phi) is 2.23. The number of carboxylic acid groups (broad SMARTS) is 1. The third kappa shape index (κ3) is 1.46. The molecule has 2 amide bonds. The highest BCUT2D eigenvalue weighted by atomic mass is 16.4. The quantitative estimate of drug-likeness (QED) is 0.742. The molecule has 0 saturated carbocycles. The first-order valence-corrected chi connectivity index (χ1v) is 4.69. The smallest absolute Gasteiger partial charge is 0.323 e. The Hall–Kier alpha value is -2.17. The third-order valence-corrected chi connectivity index (χ3v) is 2.42. The molecule has 1 N–H and O–H groups in total. The molecule has 16 heavy (non-hydrogen) atoms. The molecule has 2 rings (SSSR count). The Morgan fingerprint density at radius 2 is 1.88 bits per heavy atom. The highest BCUT2D eigenvalue weighted by molar-refractivity contribution is 6.22. The lowest BCUT2D eigenvalue weighted by molar-refractivity contribution is -0.137. The lowest BCUT2D eigenvalue weighted by Crippen LogP contribution is -2.34. The predicted octanol–water partition coefficient (Wildman–Crippen LogP) is 0.676. The fraction of sp³-hybridized carbons (Fsp3) is 0.182. The predicted molar refractivity (Wildman–Crippen MR) is 54.2 cm³/mol. The molecule has 0 fully saturated rings. The molecule has 0 saturated heterocycles. The Labute approximate surface area is 91.3 Å². The molecule has 82 valence electrons. The van der Waals surface area contributed by atoms with Crippen LogP contribution in [0.15, 0.2) is 18.2 Å².